The van der Waals surface area contributed by atoms with Crippen LogP contribution in [0.5, 0.6) is 5.75 Å². The van der Waals surface area contributed by atoms with E-state index < -0.39 is 0 Å². The van der Waals surface area contributed by atoms with Gasteiger partial charge in [0.05, 0.1) is 18.4 Å². The fourth-order valence-corrected chi connectivity index (χ4v) is 3.46. The second-order valence-corrected chi connectivity index (χ2v) is 6.75. The third-order valence-corrected chi connectivity index (χ3v) is 4.88. The lowest BCUT2D eigenvalue weighted by Crippen LogP contribution is -2.03. The second-order valence-electron chi connectivity index (χ2n) is 5.82. The van der Waals surface area contributed by atoms with E-state index in [1.54, 1.807) is 7.11 Å². The normalized spacial score (nSPS) is 10.9. The van der Waals surface area contributed by atoms with Crippen LogP contribution in [0.4, 0.5) is 0 Å². The van der Waals surface area contributed by atoms with Gasteiger partial charge in [-0.15, -0.1) is 10.2 Å². The Balaban J connectivity index is 1.45. The Labute approximate surface area is 161 Å². The molecule has 0 aliphatic carbocycles. The van der Waals surface area contributed by atoms with Gasteiger partial charge < -0.3 is 13.7 Å². The largest absolute Gasteiger partial charge is 0.496 e. The molecule has 0 saturated carbocycles. The van der Waals surface area contributed by atoms with Gasteiger partial charge in [0.15, 0.2) is 0 Å². The van der Waals surface area contributed by atoms with Gasteiger partial charge >= 0.3 is 0 Å². The average Bonchev–Trinajstić information content (AvgIpc) is 3.36. The molecule has 0 atom stereocenters. The molecule has 0 saturated heterocycles. The van der Waals surface area contributed by atoms with Crippen molar-refractivity contribution in [1.29, 1.82) is 0 Å². The van der Waals surface area contributed by atoms with E-state index in [2.05, 4.69) is 31.9 Å². The fraction of sp³-hybridized carbons (Fsp3) is 0.150. The zero-order valence-corrected chi connectivity index (χ0v) is 15.6. The highest BCUT2D eigenvalue weighted by atomic mass is 32.2. The summed E-state index contributed by atoms with van der Waals surface area (Å²) in [7, 11) is 1.62. The summed E-state index contributed by atoms with van der Waals surface area (Å²) in [6.45, 7) is 0.785. The molecule has 4 rings (SSSR count). The molecule has 7 heteroatoms. The van der Waals surface area contributed by atoms with Crippen molar-refractivity contribution in [2.45, 2.75) is 17.5 Å². The molecule has 4 aromatic rings. The number of hydrogen-bond acceptors (Lipinski definition) is 6. The lowest BCUT2D eigenvalue weighted by Gasteiger charge is -2.07. The molecule has 2 heterocycles. The Morgan fingerprint density at radius 2 is 1.85 bits per heavy atom. The molecule has 0 aliphatic heterocycles. The van der Waals surface area contributed by atoms with Gasteiger partial charge in [-0.3, -0.25) is 0 Å². The van der Waals surface area contributed by atoms with E-state index in [0.717, 1.165) is 17.9 Å². The fourth-order valence-electron chi connectivity index (χ4n) is 2.73. The lowest BCUT2D eigenvalue weighted by molar-refractivity contribution is 0.411. The molecule has 2 aromatic carbocycles. The number of imidazole rings is 1. The Morgan fingerprint density at radius 3 is 2.70 bits per heavy atom. The van der Waals surface area contributed by atoms with Gasteiger partial charge in [-0.05, 0) is 17.7 Å². The van der Waals surface area contributed by atoms with Gasteiger partial charge in [-0.25, -0.2) is 4.98 Å². The average molecular weight is 378 g/mol. The van der Waals surface area contributed by atoms with E-state index in [9.17, 15) is 0 Å². The minimum absolute atomic E-state index is 0.447. The van der Waals surface area contributed by atoms with Crippen molar-refractivity contribution in [2.75, 3.05) is 7.11 Å². The van der Waals surface area contributed by atoms with Crippen molar-refractivity contribution in [3.63, 3.8) is 0 Å². The molecule has 0 aliphatic rings. The summed E-state index contributed by atoms with van der Waals surface area (Å²) in [4.78, 5) is 4.45. The second kappa shape index (κ2) is 8.09. The van der Waals surface area contributed by atoms with Gasteiger partial charge in [-0.2, -0.15) is 0 Å². The van der Waals surface area contributed by atoms with E-state index in [-0.39, 0.29) is 0 Å². The summed E-state index contributed by atoms with van der Waals surface area (Å²) >= 11 is 1.47. The predicted octanol–water partition coefficient (Wildman–Crippen LogP) is 4.28. The number of nitrogens with zero attached hydrogens (tertiary/aromatic N) is 4. The molecule has 0 radical (unpaired) electrons. The predicted molar refractivity (Wildman–Crippen MR) is 104 cm³/mol. The van der Waals surface area contributed by atoms with Crippen LogP contribution in [-0.2, 0) is 12.3 Å². The summed E-state index contributed by atoms with van der Waals surface area (Å²) in [5.74, 6) is 2.76. The highest BCUT2D eigenvalue weighted by Gasteiger charge is 2.14. The Morgan fingerprint density at radius 1 is 1.04 bits per heavy atom. The molecular formula is C20H18N4O2S. The Kier molecular flexibility index (Phi) is 5.20. The maximum absolute atomic E-state index is 5.79. The van der Waals surface area contributed by atoms with Crippen molar-refractivity contribution in [2.24, 2.45) is 0 Å². The van der Waals surface area contributed by atoms with Gasteiger partial charge in [0, 0.05) is 18.9 Å². The van der Waals surface area contributed by atoms with Crippen LogP contribution < -0.4 is 4.74 Å². The van der Waals surface area contributed by atoms with Crippen LogP contribution in [0.3, 0.4) is 0 Å². The number of para-hydroxylation sites is 1. The van der Waals surface area contributed by atoms with E-state index in [0.29, 0.717) is 22.6 Å². The van der Waals surface area contributed by atoms with Crippen LogP contribution in [0.25, 0.3) is 11.5 Å². The first kappa shape index (κ1) is 17.4. The maximum atomic E-state index is 5.79. The third kappa shape index (κ3) is 4.03. The number of aromatic nitrogens is 4. The summed E-state index contributed by atoms with van der Waals surface area (Å²) in [5.41, 5.74) is 2.02. The molecular weight excluding hydrogens is 360 g/mol. The van der Waals surface area contributed by atoms with Crippen LogP contribution in [-0.4, -0.2) is 26.9 Å². The molecule has 0 N–H and O–H groups in total. The number of thioether (sulfide) groups is 1. The highest BCUT2D eigenvalue weighted by molar-refractivity contribution is 7.98. The van der Waals surface area contributed by atoms with Crippen molar-refractivity contribution in [1.82, 2.24) is 19.7 Å². The van der Waals surface area contributed by atoms with Crippen LogP contribution in [0.1, 0.15) is 11.4 Å². The molecule has 136 valence electrons. The molecule has 0 bridgehead atoms. The SMILES string of the molecule is COc1ccccc1-c1nnc(SCc2nccn2Cc2ccccc2)o1. The number of methoxy groups -OCH3 is 1. The molecule has 27 heavy (non-hydrogen) atoms. The molecule has 0 fully saturated rings. The number of hydrogen-bond donors (Lipinski definition) is 0. The van der Waals surface area contributed by atoms with Crippen molar-refractivity contribution < 1.29 is 9.15 Å². The standard InChI is InChI=1S/C20H18N4O2S/c1-25-17-10-6-5-9-16(17)19-22-23-20(26-19)27-14-18-21-11-12-24(18)13-15-7-3-2-4-8-15/h2-12H,13-14H2,1H3. The van der Waals surface area contributed by atoms with Crippen LogP contribution in [0.15, 0.2) is 76.6 Å². The Hall–Kier alpha value is -3.06. The summed E-state index contributed by atoms with van der Waals surface area (Å²) in [5, 5.41) is 8.78. The quantitative estimate of drug-likeness (QED) is 0.447. The summed E-state index contributed by atoms with van der Waals surface area (Å²) in [6, 6.07) is 17.9. The first-order chi connectivity index (χ1) is 13.3. The van der Waals surface area contributed by atoms with Crippen molar-refractivity contribution in [3.05, 3.63) is 78.4 Å². The highest BCUT2D eigenvalue weighted by Crippen LogP contribution is 2.31. The van der Waals surface area contributed by atoms with Gasteiger partial charge in [0.25, 0.3) is 11.1 Å². The zero-order chi connectivity index (χ0) is 18.5. The molecule has 6 nitrogen and oxygen atoms in total. The minimum atomic E-state index is 0.447. The number of benzene rings is 2. The molecule has 0 unspecified atom stereocenters. The monoisotopic (exact) mass is 378 g/mol. The van der Waals surface area contributed by atoms with E-state index in [1.807, 2.05) is 54.9 Å². The van der Waals surface area contributed by atoms with Gasteiger partial charge in [0.1, 0.15) is 11.6 Å². The van der Waals surface area contributed by atoms with E-state index >= 15 is 0 Å². The smallest absolute Gasteiger partial charge is 0.277 e. The van der Waals surface area contributed by atoms with Crippen LogP contribution >= 0.6 is 11.8 Å². The minimum Gasteiger partial charge on any atom is -0.496 e. The third-order valence-electron chi connectivity index (χ3n) is 4.07. The number of rotatable bonds is 7. The summed E-state index contributed by atoms with van der Waals surface area (Å²) in [6.07, 6.45) is 3.80. The Bertz CT molecular complexity index is 1010. The van der Waals surface area contributed by atoms with Gasteiger partial charge in [-0.1, -0.05) is 54.2 Å². The van der Waals surface area contributed by atoms with Crippen LogP contribution in [0, 0.1) is 0 Å². The maximum Gasteiger partial charge on any atom is 0.277 e. The number of ether oxygens (including phenoxy) is 1. The first-order valence-corrected chi connectivity index (χ1v) is 9.45. The molecule has 0 spiro atoms. The first-order valence-electron chi connectivity index (χ1n) is 8.47. The topological polar surface area (TPSA) is 66.0 Å². The van der Waals surface area contributed by atoms with Gasteiger partial charge in [0.2, 0.25) is 0 Å². The van der Waals surface area contributed by atoms with E-state index in [1.165, 1.54) is 17.3 Å². The summed E-state index contributed by atoms with van der Waals surface area (Å²) < 4.78 is 13.3. The lowest BCUT2D eigenvalue weighted by atomic mass is 10.2. The van der Waals surface area contributed by atoms with Crippen molar-refractivity contribution in [3.8, 4) is 17.2 Å². The van der Waals surface area contributed by atoms with Crippen molar-refractivity contribution >= 4 is 11.8 Å². The van der Waals surface area contributed by atoms with E-state index in [4.69, 9.17) is 9.15 Å². The van der Waals surface area contributed by atoms with Crippen LogP contribution in [0.2, 0.25) is 0 Å². The molecule has 0 amide bonds. The molecule has 2 aromatic heterocycles. The zero-order valence-electron chi connectivity index (χ0n) is 14.8.